The molecule has 2 aromatic heterocycles. The maximum Gasteiger partial charge on any atom is 0.143 e. The lowest BCUT2D eigenvalue weighted by Crippen LogP contribution is -2.07. The smallest absolute Gasteiger partial charge is 0.143 e. The molecule has 142 valence electrons. The highest BCUT2D eigenvalue weighted by Crippen LogP contribution is 2.34. The van der Waals surface area contributed by atoms with Gasteiger partial charge in [-0.1, -0.05) is 18.2 Å². The van der Waals surface area contributed by atoms with Crippen LogP contribution in [0.3, 0.4) is 0 Å². The molecule has 4 rings (SSSR count). The van der Waals surface area contributed by atoms with E-state index in [1.807, 2.05) is 39.5 Å². The van der Waals surface area contributed by atoms with Gasteiger partial charge < -0.3 is 15.2 Å². The SMILES string of the molecule is CNSc1cccc(Nc2ncnc3[nH]cc(-c4ccc(N(C)C)cc4)c23)c1. The van der Waals surface area contributed by atoms with Gasteiger partial charge in [-0.25, -0.2) is 9.97 Å². The second-order valence-electron chi connectivity index (χ2n) is 6.55. The van der Waals surface area contributed by atoms with Crippen molar-refractivity contribution in [1.82, 2.24) is 19.7 Å². The molecule has 0 aliphatic carbocycles. The van der Waals surface area contributed by atoms with E-state index in [4.69, 9.17) is 0 Å². The van der Waals surface area contributed by atoms with Crippen LogP contribution in [0.25, 0.3) is 22.2 Å². The highest BCUT2D eigenvalue weighted by Gasteiger charge is 2.13. The van der Waals surface area contributed by atoms with Crippen molar-refractivity contribution in [2.45, 2.75) is 4.90 Å². The Balaban J connectivity index is 1.74. The molecule has 0 unspecified atom stereocenters. The van der Waals surface area contributed by atoms with Gasteiger partial charge in [-0.15, -0.1) is 0 Å². The minimum Gasteiger partial charge on any atom is -0.378 e. The molecule has 4 aromatic rings. The van der Waals surface area contributed by atoms with Crippen LogP contribution < -0.4 is 14.9 Å². The largest absolute Gasteiger partial charge is 0.378 e. The molecule has 28 heavy (non-hydrogen) atoms. The number of aromatic amines is 1. The Bertz CT molecular complexity index is 1090. The first-order valence-corrected chi connectivity index (χ1v) is 9.78. The number of benzene rings is 2. The van der Waals surface area contributed by atoms with E-state index >= 15 is 0 Å². The molecular weight excluding hydrogens is 368 g/mol. The summed E-state index contributed by atoms with van der Waals surface area (Å²) in [6, 6.07) is 16.7. The van der Waals surface area contributed by atoms with Gasteiger partial charge in [0, 0.05) is 42.1 Å². The summed E-state index contributed by atoms with van der Waals surface area (Å²) in [6.07, 6.45) is 3.56. The number of nitrogens with one attached hydrogen (secondary N) is 3. The first kappa shape index (κ1) is 18.3. The fraction of sp³-hybridized carbons (Fsp3) is 0.143. The number of hydrogen-bond donors (Lipinski definition) is 3. The summed E-state index contributed by atoms with van der Waals surface area (Å²) in [5, 5.41) is 4.43. The van der Waals surface area contributed by atoms with Crippen LogP contribution in [0.15, 0.2) is 66.0 Å². The van der Waals surface area contributed by atoms with Crippen molar-refractivity contribution >= 4 is 40.2 Å². The van der Waals surface area contributed by atoms with E-state index in [-0.39, 0.29) is 0 Å². The minimum absolute atomic E-state index is 0.782. The van der Waals surface area contributed by atoms with Crippen molar-refractivity contribution in [3.05, 3.63) is 61.1 Å². The molecule has 6 nitrogen and oxygen atoms in total. The van der Waals surface area contributed by atoms with Crippen LogP contribution in [0, 0.1) is 0 Å². The third-order valence-corrected chi connectivity index (χ3v) is 5.17. The Hall–Kier alpha value is -3.03. The number of H-pyrrole nitrogens is 1. The quantitative estimate of drug-likeness (QED) is 0.416. The standard InChI is InChI=1S/C21H22N6S/c1-22-28-17-6-4-5-15(11-17)26-21-19-18(12-23-20(19)24-13-25-21)14-7-9-16(10-8-14)27(2)3/h4-13,22H,1-3H3,(H2,23,24,25,26). The second kappa shape index (κ2) is 7.92. The topological polar surface area (TPSA) is 68.9 Å². The molecule has 0 bridgehead atoms. The highest BCUT2D eigenvalue weighted by molar-refractivity contribution is 7.97. The molecule has 0 fully saturated rings. The molecule has 0 aliphatic heterocycles. The summed E-state index contributed by atoms with van der Waals surface area (Å²) in [6.45, 7) is 0. The van der Waals surface area contributed by atoms with Crippen LogP contribution in [0.5, 0.6) is 0 Å². The molecule has 0 saturated carbocycles. The predicted octanol–water partition coefficient (Wildman–Crippen LogP) is 4.66. The van der Waals surface area contributed by atoms with E-state index in [9.17, 15) is 0 Å². The summed E-state index contributed by atoms with van der Waals surface area (Å²) in [4.78, 5) is 15.4. The van der Waals surface area contributed by atoms with E-state index in [2.05, 4.69) is 66.3 Å². The third-order valence-electron chi connectivity index (χ3n) is 4.48. The van der Waals surface area contributed by atoms with E-state index < -0.39 is 0 Å². The molecule has 0 aliphatic rings. The van der Waals surface area contributed by atoms with Crippen molar-refractivity contribution < 1.29 is 0 Å². The zero-order valence-electron chi connectivity index (χ0n) is 16.0. The van der Waals surface area contributed by atoms with E-state index in [0.29, 0.717) is 0 Å². The number of hydrogen-bond acceptors (Lipinski definition) is 6. The molecule has 0 atom stereocenters. The summed E-state index contributed by atoms with van der Waals surface area (Å²) in [5.41, 5.74) is 5.15. The van der Waals surface area contributed by atoms with Crippen molar-refractivity contribution in [3.8, 4) is 11.1 Å². The van der Waals surface area contributed by atoms with Crippen LogP contribution in [0.4, 0.5) is 17.2 Å². The van der Waals surface area contributed by atoms with E-state index in [1.54, 1.807) is 18.3 Å². The molecule has 0 saturated heterocycles. The van der Waals surface area contributed by atoms with Gasteiger partial charge in [0.1, 0.15) is 17.8 Å². The maximum atomic E-state index is 4.51. The summed E-state index contributed by atoms with van der Waals surface area (Å²) in [5.74, 6) is 0.782. The van der Waals surface area contributed by atoms with Gasteiger partial charge >= 0.3 is 0 Å². The summed E-state index contributed by atoms with van der Waals surface area (Å²) in [7, 11) is 5.99. The molecule has 0 amide bonds. The average molecular weight is 391 g/mol. The van der Waals surface area contributed by atoms with Crippen molar-refractivity contribution in [2.75, 3.05) is 31.4 Å². The number of nitrogens with zero attached hydrogens (tertiary/aromatic N) is 3. The maximum absolute atomic E-state index is 4.51. The minimum atomic E-state index is 0.782. The third kappa shape index (κ3) is 3.67. The lowest BCUT2D eigenvalue weighted by molar-refractivity contribution is 1.13. The van der Waals surface area contributed by atoms with Crippen LogP contribution >= 0.6 is 11.9 Å². The summed E-state index contributed by atoms with van der Waals surface area (Å²) >= 11 is 1.58. The first-order chi connectivity index (χ1) is 13.7. The van der Waals surface area contributed by atoms with Crippen molar-refractivity contribution in [2.24, 2.45) is 0 Å². The fourth-order valence-corrected chi connectivity index (χ4v) is 3.68. The normalized spacial score (nSPS) is 11.0. The van der Waals surface area contributed by atoms with Crippen molar-refractivity contribution in [3.63, 3.8) is 0 Å². The van der Waals surface area contributed by atoms with Gasteiger partial charge in [-0.05, 0) is 54.9 Å². The number of aromatic nitrogens is 3. The molecule has 0 spiro atoms. The van der Waals surface area contributed by atoms with Crippen LogP contribution in [-0.2, 0) is 0 Å². The van der Waals surface area contributed by atoms with E-state index in [0.717, 1.165) is 44.2 Å². The first-order valence-electron chi connectivity index (χ1n) is 8.96. The molecular formula is C21H22N6S. The Morgan fingerprint density at radius 1 is 1.04 bits per heavy atom. The van der Waals surface area contributed by atoms with Gasteiger partial charge in [-0.2, -0.15) is 0 Å². The second-order valence-corrected chi connectivity index (χ2v) is 7.63. The van der Waals surface area contributed by atoms with Crippen LogP contribution in [-0.4, -0.2) is 36.1 Å². The average Bonchev–Trinajstić information content (AvgIpc) is 3.14. The fourth-order valence-electron chi connectivity index (χ4n) is 3.12. The molecule has 2 heterocycles. The predicted molar refractivity (Wildman–Crippen MR) is 118 cm³/mol. The molecule has 7 heteroatoms. The Kier molecular flexibility index (Phi) is 5.18. The van der Waals surface area contributed by atoms with Gasteiger partial charge in [0.15, 0.2) is 0 Å². The van der Waals surface area contributed by atoms with Gasteiger partial charge in [0.05, 0.1) is 5.39 Å². The Morgan fingerprint density at radius 3 is 2.61 bits per heavy atom. The molecule has 2 aromatic carbocycles. The highest BCUT2D eigenvalue weighted by atomic mass is 32.2. The number of rotatable bonds is 6. The lowest BCUT2D eigenvalue weighted by Gasteiger charge is -2.13. The zero-order valence-corrected chi connectivity index (χ0v) is 16.8. The lowest BCUT2D eigenvalue weighted by atomic mass is 10.1. The monoisotopic (exact) mass is 390 g/mol. The molecule has 3 N–H and O–H groups in total. The Labute approximate surface area is 168 Å². The van der Waals surface area contributed by atoms with Gasteiger partial charge in [0.25, 0.3) is 0 Å². The van der Waals surface area contributed by atoms with Gasteiger partial charge in [0.2, 0.25) is 0 Å². The number of anilines is 3. The van der Waals surface area contributed by atoms with Crippen molar-refractivity contribution in [1.29, 1.82) is 0 Å². The van der Waals surface area contributed by atoms with Gasteiger partial charge in [-0.3, -0.25) is 4.72 Å². The zero-order chi connectivity index (χ0) is 19.5. The number of fused-ring (bicyclic) bond motifs is 1. The van der Waals surface area contributed by atoms with Crippen LogP contribution in [0.1, 0.15) is 0 Å². The molecule has 0 radical (unpaired) electrons. The van der Waals surface area contributed by atoms with Crippen LogP contribution in [0.2, 0.25) is 0 Å². The van der Waals surface area contributed by atoms with E-state index in [1.165, 1.54) is 0 Å². The Morgan fingerprint density at radius 2 is 1.86 bits per heavy atom. The summed E-state index contributed by atoms with van der Waals surface area (Å²) < 4.78 is 3.10.